The summed E-state index contributed by atoms with van der Waals surface area (Å²) in [5, 5.41) is 10.4. The van der Waals surface area contributed by atoms with Crippen LogP contribution in [-0.2, 0) is 11.8 Å². The molecule has 2 N–H and O–H groups in total. The van der Waals surface area contributed by atoms with Gasteiger partial charge in [0.05, 0.1) is 12.3 Å². The fraction of sp³-hybridized carbons (Fsp3) is 0.320. The molecule has 2 amide bonds. The summed E-state index contributed by atoms with van der Waals surface area (Å²) in [6, 6.07) is 14.3. The van der Waals surface area contributed by atoms with Crippen LogP contribution in [0.3, 0.4) is 0 Å². The minimum absolute atomic E-state index is 0.266. The van der Waals surface area contributed by atoms with Gasteiger partial charge in [-0.2, -0.15) is 5.10 Å². The summed E-state index contributed by atoms with van der Waals surface area (Å²) < 4.78 is 7.38. The van der Waals surface area contributed by atoms with Crippen LogP contribution in [0.1, 0.15) is 52.0 Å². The van der Waals surface area contributed by atoms with E-state index in [0.29, 0.717) is 18.0 Å². The van der Waals surface area contributed by atoms with E-state index in [1.54, 1.807) is 17.8 Å². The molecule has 2 atom stereocenters. The molecule has 1 aliphatic heterocycles. The molecule has 0 fully saturated rings. The van der Waals surface area contributed by atoms with Crippen LogP contribution >= 0.6 is 0 Å². The number of amides is 2. The molecule has 0 bridgehead atoms. The monoisotopic (exact) mass is 432 g/mol. The highest BCUT2D eigenvalue weighted by molar-refractivity contribution is 6.04. The van der Waals surface area contributed by atoms with Crippen LogP contribution in [-0.4, -0.2) is 34.2 Å². The molecule has 7 nitrogen and oxygen atoms in total. The number of rotatable bonds is 6. The van der Waals surface area contributed by atoms with Gasteiger partial charge >= 0.3 is 0 Å². The molecule has 0 unspecified atom stereocenters. The molecule has 2 aromatic carbocycles. The van der Waals surface area contributed by atoms with E-state index in [-0.39, 0.29) is 17.7 Å². The summed E-state index contributed by atoms with van der Waals surface area (Å²) in [5.74, 6) is 0.509. The molecule has 0 radical (unpaired) electrons. The molecular formula is C25H28N4O3. The van der Waals surface area contributed by atoms with Gasteiger partial charge in [-0.3, -0.25) is 14.3 Å². The van der Waals surface area contributed by atoms with E-state index in [1.165, 1.54) is 0 Å². The number of hydrogen-bond acceptors (Lipinski definition) is 4. The Morgan fingerprint density at radius 1 is 1.19 bits per heavy atom. The lowest BCUT2D eigenvalue weighted by molar-refractivity contribution is -0.118. The zero-order chi connectivity index (χ0) is 22.8. The van der Waals surface area contributed by atoms with Gasteiger partial charge in [-0.05, 0) is 50.1 Å². The van der Waals surface area contributed by atoms with Crippen LogP contribution in [0.15, 0.2) is 48.5 Å². The van der Waals surface area contributed by atoms with E-state index in [9.17, 15) is 9.59 Å². The molecule has 3 aromatic rings. The van der Waals surface area contributed by atoms with Crippen LogP contribution in [0.4, 0.5) is 5.82 Å². The van der Waals surface area contributed by atoms with Gasteiger partial charge in [0.1, 0.15) is 17.6 Å². The summed E-state index contributed by atoms with van der Waals surface area (Å²) in [6.45, 7) is 6.55. The standard InChI is InChI=1S/C25H28N4O3/c1-5-13-32-19-11-9-17(10-12-19)21-20-16(3)28-29(4)23(20)27-25(31)22(21)26-24(30)18-8-6-7-15(2)14-18/h6-12,14,21-22H,5,13H2,1-4H3,(H,26,30)(H,27,31)/t21-,22+/m1/s1. The molecule has 0 saturated carbocycles. The maximum atomic E-state index is 13.2. The van der Waals surface area contributed by atoms with E-state index >= 15 is 0 Å². The number of ether oxygens (including phenoxy) is 1. The van der Waals surface area contributed by atoms with E-state index in [1.807, 2.05) is 56.3 Å². The number of carbonyl (C=O) groups excluding carboxylic acids is 2. The molecule has 7 heteroatoms. The molecule has 1 aromatic heterocycles. The van der Waals surface area contributed by atoms with Crippen molar-refractivity contribution in [2.45, 2.75) is 39.2 Å². The molecule has 0 aliphatic carbocycles. The van der Waals surface area contributed by atoms with Crippen molar-refractivity contribution in [2.24, 2.45) is 7.05 Å². The van der Waals surface area contributed by atoms with E-state index < -0.39 is 6.04 Å². The maximum Gasteiger partial charge on any atom is 0.251 e. The Morgan fingerprint density at radius 2 is 1.94 bits per heavy atom. The first-order valence-corrected chi connectivity index (χ1v) is 10.8. The molecule has 1 aliphatic rings. The highest BCUT2D eigenvalue weighted by atomic mass is 16.5. The van der Waals surface area contributed by atoms with Crippen molar-refractivity contribution in [1.29, 1.82) is 0 Å². The predicted molar refractivity (Wildman–Crippen MR) is 123 cm³/mol. The summed E-state index contributed by atoms with van der Waals surface area (Å²) in [7, 11) is 1.80. The van der Waals surface area contributed by atoms with Gasteiger partial charge in [-0.25, -0.2) is 0 Å². The predicted octanol–water partition coefficient (Wildman–Crippen LogP) is 3.71. The smallest absolute Gasteiger partial charge is 0.251 e. The third kappa shape index (κ3) is 4.10. The lowest BCUT2D eigenvalue weighted by Crippen LogP contribution is -2.50. The van der Waals surface area contributed by atoms with Gasteiger partial charge in [0.15, 0.2) is 0 Å². The normalized spacial score (nSPS) is 17.4. The van der Waals surface area contributed by atoms with Gasteiger partial charge in [-0.15, -0.1) is 0 Å². The first-order valence-electron chi connectivity index (χ1n) is 10.8. The van der Waals surface area contributed by atoms with Gasteiger partial charge in [0.25, 0.3) is 5.91 Å². The number of fused-ring (bicyclic) bond motifs is 1. The van der Waals surface area contributed by atoms with Gasteiger partial charge < -0.3 is 15.4 Å². The Hall–Kier alpha value is -3.61. The fourth-order valence-corrected chi connectivity index (χ4v) is 4.22. The Labute approximate surface area is 187 Å². The van der Waals surface area contributed by atoms with E-state index in [2.05, 4.69) is 22.7 Å². The molecular weight excluding hydrogens is 404 g/mol. The molecule has 4 rings (SSSR count). The fourth-order valence-electron chi connectivity index (χ4n) is 4.22. The summed E-state index contributed by atoms with van der Waals surface area (Å²) in [4.78, 5) is 26.2. The van der Waals surface area contributed by atoms with Gasteiger partial charge in [-0.1, -0.05) is 36.8 Å². The van der Waals surface area contributed by atoms with Crippen LogP contribution in [0.5, 0.6) is 5.75 Å². The van der Waals surface area contributed by atoms with Crippen molar-refractivity contribution in [2.75, 3.05) is 11.9 Å². The Kier molecular flexibility index (Phi) is 5.99. The molecule has 0 saturated heterocycles. The topological polar surface area (TPSA) is 85.2 Å². The number of nitrogens with one attached hydrogen (secondary N) is 2. The van der Waals surface area contributed by atoms with Crippen LogP contribution in [0.25, 0.3) is 0 Å². The number of hydrogen-bond donors (Lipinski definition) is 2. The minimum atomic E-state index is -0.777. The second-order valence-corrected chi connectivity index (χ2v) is 8.18. The van der Waals surface area contributed by atoms with Gasteiger partial charge in [0.2, 0.25) is 5.91 Å². The van der Waals surface area contributed by atoms with Gasteiger partial charge in [0, 0.05) is 24.1 Å². The molecule has 2 heterocycles. The highest BCUT2D eigenvalue weighted by Crippen LogP contribution is 2.39. The minimum Gasteiger partial charge on any atom is -0.494 e. The molecule has 32 heavy (non-hydrogen) atoms. The summed E-state index contributed by atoms with van der Waals surface area (Å²) >= 11 is 0. The van der Waals surface area contributed by atoms with Crippen molar-refractivity contribution in [1.82, 2.24) is 15.1 Å². The van der Waals surface area contributed by atoms with Crippen molar-refractivity contribution >= 4 is 17.6 Å². The average Bonchev–Trinajstić information content (AvgIpc) is 3.06. The lowest BCUT2D eigenvalue weighted by atomic mass is 9.82. The number of anilines is 1. The molecule has 166 valence electrons. The second kappa shape index (κ2) is 8.86. The van der Waals surface area contributed by atoms with Crippen LogP contribution in [0.2, 0.25) is 0 Å². The highest BCUT2D eigenvalue weighted by Gasteiger charge is 2.41. The quantitative estimate of drug-likeness (QED) is 0.622. The van der Waals surface area contributed by atoms with Crippen molar-refractivity contribution in [3.8, 4) is 5.75 Å². The van der Waals surface area contributed by atoms with Crippen molar-refractivity contribution in [3.05, 3.63) is 76.5 Å². The van der Waals surface area contributed by atoms with E-state index in [0.717, 1.165) is 34.6 Å². The second-order valence-electron chi connectivity index (χ2n) is 8.18. The van der Waals surface area contributed by atoms with Crippen LogP contribution < -0.4 is 15.4 Å². The van der Waals surface area contributed by atoms with E-state index in [4.69, 9.17) is 4.74 Å². The first kappa shape index (κ1) is 21.6. The van der Waals surface area contributed by atoms with Crippen molar-refractivity contribution in [3.63, 3.8) is 0 Å². The third-order valence-electron chi connectivity index (χ3n) is 5.72. The average molecular weight is 433 g/mol. The number of aromatic nitrogens is 2. The lowest BCUT2D eigenvalue weighted by Gasteiger charge is -2.32. The Morgan fingerprint density at radius 3 is 2.62 bits per heavy atom. The first-order chi connectivity index (χ1) is 15.4. The Balaban J connectivity index is 1.73. The number of aryl methyl sites for hydroxylation is 3. The Bertz CT molecular complexity index is 1150. The zero-order valence-corrected chi connectivity index (χ0v) is 18.8. The largest absolute Gasteiger partial charge is 0.494 e. The van der Waals surface area contributed by atoms with Crippen LogP contribution in [0, 0.1) is 13.8 Å². The SMILES string of the molecule is CCCOc1ccc([C@@H]2c3c(C)nn(C)c3NC(=O)[C@H]2NC(=O)c2cccc(C)c2)cc1. The summed E-state index contributed by atoms with van der Waals surface area (Å²) in [5.41, 5.74) is 4.14. The third-order valence-corrected chi connectivity index (χ3v) is 5.72. The number of carbonyl (C=O) groups is 2. The number of nitrogens with zero attached hydrogens (tertiary/aromatic N) is 2. The summed E-state index contributed by atoms with van der Waals surface area (Å²) in [6.07, 6.45) is 0.926. The van der Waals surface area contributed by atoms with Crippen molar-refractivity contribution < 1.29 is 14.3 Å². The maximum absolute atomic E-state index is 13.2. The molecule has 0 spiro atoms. The number of benzene rings is 2. The zero-order valence-electron chi connectivity index (χ0n) is 18.8.